The number of urea groups is 1. The number of hydrogen-bond donors (Lipinski definition) is 2. The van der Waals surface area contributed by atoms with Crippen LogP contribution in [0.1, 0.15) is 24.4 Å². The normalized spacial score (nSPS) is 18.7. The number of aromatic nitrogens is 2. The van der Waals surface area contributed by atoms with Crippen molar-refractivity contribution in [2.24, 2.45) is 0 Å². The van der Waals surface area contributed by atoms with Gasteiger partial charge >= 0.3 is 12.0 Å². The number of amides is 2. The Balaban J connectivity index is 1.56. The summed E-state index contributed by atoms with van der Waals surface area (Å²) in [5.41, 5.74) is 7.98. The SMILES string of the molecule is COC(=O)C1=C(CSc2nc(N)c3ccsc3n2)N(C2CC2)C(=O)NC1c1ccccc1. The Kier molecular flexibility index (Phi) is 5.48. The third-order valence-electron chi connectivity index (χ3n) is 5.50. The van der Waals surface area contributed by atoms with E-state index in [2.05, 4.69) is 15.3 Å². The lowest BCUT2D eigenvalue weighted by Crippen LogP contribution is -2.50. The van der Waals surface area contributed by atoms with Crippen LogP contribution in [0.25, 0.3) is 10.2 Å². The average Bonchev–Trinajstić information content (AvgIpc) is 3.52. The molecule has 2 aromatic heterocycles. The van der Waals surface area contributed by atoms with E-state index in [4.69, 9.17) is 10.5 Å². The maximum absolute atomic E-state index is 13.1. The molecule has 1 aliphatic heterocycles. The van der Waals surface area contributed by atoms with Crippen molar-refractivity contribution in [2.45, 2.75) is 30.1 Å². The molecule has 3 heterocycles. The average molecular weight is 468 g/mol. The fourth-order valence-electron chi connectivity index (χ4n) is 3.85. The number of nitrogens with zero attached hydrogens (tertiary/aromatic N) is 3. The van der Waals surface area contributed by atoms with Crippen molar-refractivity contribution in [2.75, 3.05) is 18.6 Å². The Morgan fingerprint density at radius 1 is 1.28 bits per heavy atom. The zero-order valence-corrected chi connectivity index (χ0v) is 18.9. The number of carbonyl (C=O) groups excluding carboxylic acids is 2. The first-order chi connectivity index (χ1) is 15.6. The predicted octanol–water partition coefficient (Wildman–Crippen LogP) is 3.72. The first-order valence-electron chi connectivity index (χ1n) is 10.2. The van der Waals surface area contributed by atoms with E-state index in [0.29, 0.717) is 28.0 Å². The number of anilines is 1. The quantitative estimate of drug-likeness (QED) is 0.323. The molecule has 1 saturated carbocycles. The standard InChI is InChI=1S/C22H21N5O3S2/c1-30-20(28)16-15(11-32-21-25-18(23)14-9-10-31-19(14)26-21)27(13-7-8-13)22(29)24-17(16)12-5-3-2-4-6-12/h2-6,9-10,13,17H,7-8,11H2,1H3,(H,24,29)(H2,23,25,26). The van der Waals surface area contributed by atoms with Gasteiger partial charge in [-0.1, -0.05) is 42.1 Å². The molecule has 2 aliphatic rings. The molecule has 3 aromatic rings. The number of nitrogens with one attached hydrogen (secondary N) is 1. The number of hydrogen-bond acceptors (Lipinski definition) is 8. The minimum atomic E-state index is -0.590. The zero-order valence-electron chi connectivity index (χ0n) is 17.3. The second kappa shape index (κ2) is 8.44. The number of rotatable bonds is 6. The largest absolute Gasteiger partial charge is 0.466 e. The van der Waals surface area contributed by atoms with Crippen LogP contribution in [0.4, 0.5) is 10.6 Å². The van der Waals surface area contributed by atoms with Crippen LogP contribution in [0.3, 0.4) is 0 Å². The summed E-state index contributed by atoms with van der Waals surface area (Å²) in [5, 5.41) is 6.26. The van der Waals surface area contributed by atoms with E-state index in [-0.39, 0.29) is 12.1 Å². The van der Waals surface area contributed by atoms with E-state index in [1.807, 2.05) is 41.8 Å². The van der Waals surface area contributed by atoms with Crippen LogP contribution in [0.15, 0.2) is 58.2 Å². The van der Waals surface area contributed by atoms with Crippen molar-refractivity contribution >= 4 is 51.1 Å². The van der Waals surface area contributed by atoms with Gasteiger partial charge in [0.05, 0.1) is 24.1 Å². The number of nitrogens with two attached hydrogens (primary N) is 1. The number of esters is 1. The molecular formula is C22H21N5O3S2. The Morgan fingerprint density at radius 2 is 2.06 bits per heavy atom. The fraction of sp³-hybridized carbons (Fsp3) is 0.273. The third kappa shape index (κ3) is 3.80. The van der Waals surface area contributed by atoms with Crippen LogP contribution in [-0.4, -0.2) is 45.8 Å². The molecule has 0 radical (unpaired) electrons. The Hall–Kier alpha value is -3.11. The Morgan fingerprint density at radius 3 is 2.78 bits per heavy atom. The van der Waals surface area contributed by atoms with Gasteiger partial charge in [0.1, 0.15) is 10.6 Å². The molecule has 32 heavy (non-hydrogen) atoms. The van der Waals surface area contributed by atoms with Crippen LogP contribution >= 0.6 is 23.1 Å². The van der Waals surface area contributed by atoms with Crippen LogP contribution in [0, 0.1) is 0 Å². The maximum Gasteiger partial charge on any atom is 0.338 e. The first kappa shape index (κ1) is 20.8. The number of carbonyl (C=O) groups is 2. The number of fused-ring (bicyclic) bond motifs is 1. The van der Waals surface area contributed by atoms with E-state index in [1.54, 1.807) is 4.90 Å². The maximum atomic E-state index is 13.1. The van der Waals surface area contributed by atoms with Crippen molar-refractivity contribution in [1.29, 1.82) is 0 Å². The van der Waals surface area contributed by atoms with Crippen LogP contribution < -0.4 is 11.1 Å². The molecule has 1 aromatic carbocycles. The molecule has 1 fully saturated rings. The highest BCUT2D eigenvalue weighted by atomic mass is 32.2. The van der Waals surface area contributed by atoms with Gasteiger partial charge in [0, 0.05) is 17.5 Å². The van der Waals surface area contributed by atoms with Crippen molar-refractivity contribution in [3.8, 4) is 0 Å². The number of nitrogen functional groups attached to an aromatic ring is 1. The number of methoxy groups -OCH3 is 1. The topological polar surface area (TPSA) is 110 Å². The number of ether oxygens (including phenoxy) is 1. The lowest BCUT2D eigenvalue weighted by atomic mass is 9.95. The molecule has 8 nitrogen and oxygen atoms in total. The van der Waals surface area contributed by atoms with Gasteiger partial charge in [-0.05, 0) is 29.9 Å². The molecule has 0 bridgehead atoms. The van der Waals surface area contributed by atoms with Crippen molar-refractivity contribution in [1.82, 2.24) is 20.2 Å². The van der Waals surface area contributed by atoms with E-state index in [9.17, 15) is 9.59 Å². The van der Waals surface area contributed by atoms with Crippen LogP contribution in [0.2, 0.25) is 0 Å². The molecule has 3 N–H and O–H groups in total. The molecular weight excluding hydrogens is 446 g/mol. The number of thioether (sulfide) groups is 1. The van der Waals surface area contributed by atoms with Crippen molar-refractivity contribution in [3.63, 3.8) is 0 Å². The van der Waals surface area contributed by atoms with Crippen LogP contribution in [-0.2, 0) is 9.53 Å². The zero-order chi connectivity index (χ0) is 22.2. The summed E-state index contributed by atoms with van der Waals surface area (Å²) in [7, 11) is 1.36. The van der Waals surface area contributed by atoms with Gasteiger partial charge in [-0.15, -0.1) is 11.3 Å². The van der Waals surface area contributed by atoms with E-state index >= 15 is 0 Å². The number of benzene rings is 1. The van der Waals surface area contributed by atoms with Crippen LogP contribution in [0.5, 0.6) is 0 Å². The summed E-state index contributed by atoms with van der Waals surface area (Å²) in [5.74, 6) is 0.298. The molecule has 0 spiro atoms. The highest BCUT2D eigenvalue weighted by molar-refractivity contribution is 7.99. The van der Waals surface area contributed by atoms with Gasteiger partial charge < -0.3 is 15.8 Å². The summed E-state index contributed by atoms with van der Waals surface area (Å²) >= 11 is 2.85. The fourth-order valence-corrected chi connectivity index (χ4v) is 5.56. The Bertz CT molecular complexity index is 1220. The van der Waals surface area contributed by atoms with Gasteiger partial charge in [-0.3, -0.25) is 4.90 Å². The molecule has 0 saturated heterocycles. The second-order valence-electron chi connectivity index (χ2n) is 7.57. The lowest BCUT2D eigenvalue weighted by molar-refractivity contribution is -0.136. The number of thiophene rings is 1. The minimum Gasteiger partial charge on any atom is -0.466 e. The predicted molar refractivity (Wildman–Crippen MR) is 124 cm³/mol. The van der Waals surface area contributed by atoms with Crippen molar-refractivity contribution < 1.29 is 14.3 Å². The second-order valence-corrected chi connectivity index (χ2v) is 9.40. The molecule has 1 aliphatic carbocycles. The third-order valence-corrected chi connectivity index (χ3v) is 7.16. The molecule has 10 heteroatoms. The first-order valence-corrected chi connectivity index (χ1v) is 12.0. The summed E-state index contributed by atoms with van der Waals surface area (Å²) in [6.45, 7) is 0. The van der Waals surface area contributed by atoms with E-state index in [1.165, 1.54) is 30.2 Å². The molecule has 1 atom stereocenters. The molecule has 2 amide bonds. The van der Waals surface area contributed by atoms with Gasteiger partial charge in [0.25, 0.3) is 0 Å². The van der Waals surface area contributed by atoms with Crippen molar-refractivity contribution in [3.05, 3.63) is 58.6 Å². The summed E-state index contributed by atoms with van der Waals surface area (Å²) < 4.78 is 5.14. The van der Waals surface area contributed by atoms with Gasteiger partial charge in [-0.25, -0.2) is 19.6 Å². The summed E-state index contributed by atoms with van der Waals surface area (Å²) in [6, 6.07) is 10.6. The smallest absolute Gasteiger partial charge is 0.338 e. The van der Waals surface area contributed by atoms with Gasteiger partial charge in [0.15, 0.2) is 5.16 Å². The molecule has 164 valence electrons. The van der Waals surface area contributed by atoms with Gasteiger partial charge in [0.2, 0.25) is 0 Å². The summed E-state index contributed by atoms with van der Waals surface area (Å²) in [6.07, 6.45) is 1.80. The monoisotopic (exact) mass is 467 g/mol. The van der Waals surface area contributed by atoms with E-state index < -0.39 is 12.0 Å². The summed E-state index contributed by atoms with van der Waals surface area (Å²) in [4.78, 5) is 37.5. The van der Waals surface area contributed by atoms with E-state index in [0.717, 1.165) is 28.6 Å². The highest BCUT2D eigenvalue weighted by Crippen LogP contribution is 2.40. The molecule has 1 unspecified atom stereocenters. The minimum absolute atomic E-state index is 0.0766. The van der Waals surface area contributed by atoms with Gasteiger partial charge in [-0.2, -0.15) is 0 Å². The molecule has 5 rings (SSSR count). The highest BCUT2D eigenvalue weighted by Gasteiger charge is 2.44. The Labute approximate surface area is 192 Å². The lowest BCUT2D eigenvalue weighted by Gasteiger charge is -2.36.